The van der Waals surface area contributed by atoms with E-state index >= 15 is 0 Å². The zero-order chi connectivity index (χ0) is 13.0. The first-order chi connectivity index (χ1) is 8.72. The maximum atomic E-state index is 6.33. The topological polar surface area (TPSA) is 0 Å². The Labute approximate surface area is 114 Å². The first kappa shape index (κ1) is 12.7. The van der Waals surface area contributed by atoms with Crippen molar-refractivity contribution in [2.45, 2.75) is 20.3 Å². The highest BCUT2D eigenvalue weighted by Crippen LogP contribution is 2.31. The maximum Gasteiger partial charge on any atom is 0.0487 e. The fraction of sp³-hybridized carbons (Fsp3) is 0.176. The first-order valence-electron chi connectivity index (χ1n) is 5.96. The van der Waals surface area contributed by atoms with Crippen LogP contribution in [0.4, 0.5) is 0 Å². The van der Waals surface area contributed by atoms with E-state index in [1.165, 1.54) is 16.7 Å². The highest BCUT2D eigenvalue weighted by Gasteiger charge is 2.07. The van der Waals surface area contributed by atoms with Crippen molar-refractivity contribution in [3.05, 3.63) is 58.6 Å². The molecule has 2 aromatic carbocycles. The van der Waals surface area contributed by atoms with Crippen LogP contribution in [0.5, 0.6) is 0 Å². The SMILES string of the molecule is CC#CCc1ccccc1-c1ccc(C)cc1Cl. The average molecular weight is 255 g/mol. The molecule has 0 aliphatic carbocycles. The summed E-state index contributed by atoms with van der Waals surface area (Å²) in [6.45, 7) is 3.91. The van der Waals surface area contributed by atoms with Crippen LogP contribution in [0, 0.1) is 18.8 Å². The molecule has 0 saturated heterocycles. The molecule has 0 unspecified atom stereocenters. The zero-order valence-electron chi connectivity index (χ0n) is 10.6. The Morgan fingerprint density at radius 3 is 2.56 bits per heavy atom. The molecule has 18 heavy (non-hydrogen) atoms. The largest absolute Gasteiger partial charge is 0.106 e. The minimum Gasteiger partial charge on any atom is -0.106 e. The van der Waals surface area contributed by atoms with Gasteiger partial charge in [0.15, 0.2) is 0 Å². The van der Waals surface area contributed by atoms with Crippen LogP contribution in [0.1, 0.15) is 18.1 Å². The lowest BCUT2D eigenvalue weighted by Crippen LogP contribution is -1.89. The van der Waals surface area contributed by atoms with E-state index in [9.17, 15) is 0 Å². The van der Waals surface area contributed by atoms with Gasteiger partial charge in [0.2, 0.25) is 0 Å². The van der Waals surface area contributed by atoms with Crippen LogP contribution in [0.2, 0.25) is 5.02 Å². The summed E-state index contributed by atoms with van der Waals surface area (Å²) in [6, 6.07) is 14.4. The quantitative estimate of drug-likeness (QED) is 0.670. The van der Waals surface area contributed by atoms with Crippen molar-refractivity contribution in [2.24, 2.45) is 0 Å². The van der Waals surface area contributed by atoms with Crippen molar-refractivity contribution < 1.29 is 0 Å². The van der Waals surface area contributed by atoms with Crippen LogP contribution < -0.4 is 0 Å². The molecule has 0 atom stereocenters. The molecule has 90 valence electrons. The number of halogens is 1. The van der Waals surface area contributed by atoms with Crippen LogP contribution in [0.15, 0.2) is 42.5 Å². The standard InChI is InChI=1S/C17H15Cl/c1-3-4-7-14-8-5-6-9-15(14)16-11-10-13(2)12-17(16)18/h5-6,8-12H,7H2,1-2H3. The van der Waals surface area contributed by atoms with E-state index in [0.29, 0.717) is 0 Å². The van der Waals surface area contributed by atoms with Crippen molar-refractivity contribution in [3.8, 4) is 23.0 Å². The summed E-state index contributed by atoms with van der Waals surface area (Å²) in [5.41, 5.74) is 4.65. The molecule has 0 bridgehead atoms. The molecule has 0 saturated carbocycles. The van der Waals surface area contributed by atoms with E-state index in [1.807, 2.05) is 32.0 Å². The minimum atomic E-state index is 0.761. The van der Waals surface area contributed by atoms with Crippen molar-refractivity contribution in [1.29, 1.82) is 0 Å². The highest BCUT2D eigenvalue weighted by atomic mass is 35.5. The fourth-order valence-corrected chi connectivity index (χ4v) is 2.30. The van der Waals surface area contributed by atoms with Gasteiger partial charge >= 0.3 is 0 Å². The molecular formula is C17H15Cl. The first-order valence-corrected chi connectivity index (χ1v) is 6.34. The fourth-order valence-electron chi connectivity index (χ4n) is 1.96. The Balaban J connectivity index is 2.51. The number of hydrogen-bond donors (Lipinski definition) is 0. The minimum absolute atomic E-state index is 0.761. The van der Waals surface area contributed by atoms with E-state index in [2.05, 4.69) is 36.1 Å². The van der Waals surface area contributed by atoms with Crippen LogP contribution >= 0.6 is 11.6 Å². The van der Waals surface area contributed by atoms with E-state index in [-0.39, 0.29) is 0 Å². The van der Waals surface area contributed by atoms with Gasteiger partial charge in [-0.1, -0.05) is 53.9 Å². The van der Waals surface area contributed by atoms with Crippen molar-refractivity contribution >= 4 is 11.6 Å². The lowest BCUT2D eigenvalue weighted by molar-refractivity contribution is 1.31. The summed E-state index contributed by atoms with van der Waals surface area (Å²) < 4.78 is 0. The smallest absolute Gasteiger partial charge is 0.0487 e. The summed E-state index contributed by atoms with van der Waals surface area (Å²) in [5, 5.41) is 0.798. The Bertz CT molecular complexity index is 615. The second-order valence-electron chi connectivity index (χ2n) is 4.24. The van der Waals surface area contributed by atoms with E-state index < -0.39 is 0 Å². The third-order valence-electron chi connectivity index (χ3n) is 2.89. The van der Waals surface area contributed by atoms with Gasteiger partial charge in [0.25, 0.3) is 0 Å². The molecule has 1 heteroatoms. The van der Waals surface area contributed by atoms with Crippen LogP contribution in [-0.2, 0) is 6.42 Å². The van der Waals surface area contributed by atoms with Gasteiger partial charge in [-0.3, -0.25) is 0 Å². The Hall–Kier alpha value is -1.71. The van der Waals surface area contributed by atoms with Crippen LogP contribution in [0.3, 0.4) is 0 Å². The Morgan fingerprint density at radius 2 is 1.83 bits per heavy atom. The molecule has 0 radical (unpaired) electrons. The van der Waals surface area contributed by atoms with Crippen molar-refractivity contribution in [3.63, 3.8) is 0 Å². The summed E-state index contributed by atoms with van der Waals surface area (Å²) in [4.78, 5) is 0. The lowest BCUT2D eigenvalue weighted by atomic mass is 9.97. The van der Waals surface area contributed by atoms with Gasteiger partial charge in [-0.25, -0.2) is 0 Å². The molecule has 0 heterocycles. The molecule has 2 rings (SSSR count). The summed E-state index contributed by atoms with van der Waals surface area (Å²) in [6.07, 6.45) is 0.761. The van der Waals surface area contributed by atoms with Crippen LogP contribution in [-0.4, -0.2) is 0 Å². The monoisotopic (exact) mass is 254 g/mol. The predicted octanol–water partition coefficient (Wildman–Crippen LogP) is 4.88. The number of rotatable bonds is 2. The molecule has 0 aliphatic rings. The van der Waals surface area contributed by atoms with Gasteiger partial charge < -0.3 is 0 Å². The summed E-state index contributed by atoms with van der Waals surface area (Å²) in [7, 11) is 0. The molecule has 0 spiro atoms. The lowest BCUT2D eigenvalue weighted by Gasteiger charge is -2.10. The van der Waals surface area contributed by atoms with Gasteiger partial charge in [-0.15, -0.1) is 5.92 Å². The molecular weight excluding hydrogens is 240 g/mol. The molecule has 0 aromatic heterocycles. The third kappa shape index (κ3) is 2.75. The molecule has 0 amide bonds. The second-order valence-corrected chi connectivity index (χ2v) is 4.65. The molecule has 2 aromatic rings. The van der Waals surface area contributed by atoms with Gasteiger partial charge in [0.1, 0.15) is 0 Å². The predicted molar refractivity (Wildman–Crippen MR) is 78.8 cm³/mol. The second kappa shape index (κ2) is 5.76. The number of benzene rings is 2. The number of aryl methyl sites for hydroxylation is 1. The molecule has 0 aliphatic heterocycles. The maximum absolute atomic E-state index is 6.33. The van der Waals surface area contributed by atoms with Gasteiger partial charge in [0, 0.05) is 17.0 Å². The number of hydrogen-bond acceptors (Lipinski definition) is 0. The van der Waals surface area contributed by atoms with Gasteiger partial charge in [0.05, 0.1) is 0 Å². The summed E-state index contributed by atoms with van der Waals surface area (Å²) >= 11 is 6.33. The van der Waals surface area contributed by atoms with Crippen molar-refractivity contribution in [1.82, 2.24) is 0 Å². The van der Waals surface area contributed by atoms with E-state index in [1.54, 1.807) is 0 Å². The third-order valence-corrected chi connectivity index (χ3v) is 3.20. The zero-order valence-corrected chi connectivity index (χ0v) is 11.4. The van der Waals surface area contributed by atoms with Crippen LogP contribution in [0.25, 0.3) is 11.1 Å². The van der Waals surface area contributed by atoms with Gasteiger partial charge in [-0.2, -0.15) is 0 Å². The average Bonchev–Trinajstić information content (AvgIpc) is 2.37. The Kier molecular flexibility index (Phi) is 4.07. The highest BCUT2D eigenvalue weighted by molar-refractivity contribution is 6.33. The van der Waals surface area contributed by atoms with Gasteiger partial charge in [-0.05, 0) is 36.6 Å². The molecule has 0 fully saturated rings. The molecule has 0 N–H and O–H groups in total. The van der Waals surface area contributed by atoms with E-state index in [4.69, 9.17) is 11.6 Å². The Morgan fingerprint density at radius 1 is 1.06 bits per heavy atom. The molecule has 0 nitrogen and oxygen atoms in total. The van der Waals surface area contributed by atoms with Crippen molar-refractivity contribution in [2.75, 3.05) is 0 Å². The van der Waals surface area contributed by atoms with E-state index in [0.717, 1.165) is 17.0 Å². The summed E-state index contributed by atoms with van der Waals surface area (Å²) in [5.74, 6) is 6.05. The normalized spacial score (nSPS) is 9.72.